The Balaban J connectivity index is 2.21. The van der Waals surface area contributed by atoms with E-state index < -0.39 is 0 Å². The van der Waals surface area contributed by atoms with Crippen LogP contribution in [0.15, 0.2) is 36.5 Å². The van der Waals surface area contributed by atoms with Crippen molar-refractivity contribution in [2.24, 2.45) is 0 Å². The van der Waals surface area contributed by atoms with Crippen LogP contribution in [0.5, 0.6) is 11.6 Å². The molecule has 0 aliphatic heterocycles. The molecule has 1 aromatic carbocycles. The van der Waals surface area contributed by atoms with Gasteiger partial charge in [0.15, 0.2) is 0 Å². The molecule has 0 atom stereocenters. The maximum atomic E-state index is 9.06. The highest BCUT2D eigenvalue weighted by Gasteiger charge is 2.04. The summed E-state index contributed by atoms with van der Waals surface area (Å²) in [5, 5.41) is 10.1. The Morgan fingerprint density at radius 2 is 1.88 bits per heavy atom. The van der Waals surface area contributed by atoms with E-state index in [4.69, 9.17) is 33.0 Å². The van der Waals surface area contributed by atoms with Crippen LogP contribution in [0.1, 0.15) is 5.56 Å². The molecule has 5 heteroatoms. The normalized spacial score (nSPS) is 10.3. The first-order valence-corrected chi connectivity index (χ1v) is 5.63. The van der Waals surface area contributed by atoms with Crippen LogP contribution in [0.3, 0.4) is 0 Å². The van der Waals surface area contributed by atoms with Crippen LogP contribution < -0.4 is 4.74 Å². The summed E-state index contributed by atoms with van der Waals surface area (Å²) in [7, 11) is 0. The minimum atomic E-state index is -0.154. The molecular formula is C12H9Cl2NO2. The van der Waals surface area contributed by atoms with Crippen LogP contribution in [0.2, 0.25) is 10.0 Å². The smallest absolute Gasteiger partial charge is 0.219 e. The van der Waals surface area contributed by atoms with Gasteiger partial charge in [-0.1, -0.05) is 23.2 Å². The Bertz CT molecular complexity index is 514. The lowest BCUT2D eigenvalue weighted by Crippen LogP contribution is -1.92. The van der Waals surface area contributed by atoms with E-state index in [9.17, 15) is 0 Å². The van der Waals surface area contributed by atoms with Gasteiger partial charge >= 0.3 is 0 Å². The monoisotopic (exact) mass is 269 g/mol. The number of benzene rings is 1. The third-order valence-corrected chi connectivity index (χ3v) is 2.71. The molecule has 2 aromatic rings. The first kappa shape index (κ1) is 12.2. The Labute approximate surface area is 109 Å². The van der Waals surface area contributed by atoms with Crippen molar-refractivity contribution in [3.8, 4) is 11.6 Å². The standard InChI is InChI=1S/C12H9Cl2NO2/c13-9-1-3-10(4-2-9)17-12-5-8(7-16)11(14)6-15-12/h1-6,16H,7H2. The third-order valence-electron chi connectivity index (χ3n) is 2.12. The van der Waals surface area contributed by atoms with Crippen molar-refractivity contribution in [3.63, 3.8) is 0 Å². The van der Waals surface area contributed by atoms with Crippen molar-refractivity contribution < 1.29 is 9.84 Å². The fourth-order valence-electron chi connectivity index (χ4n) is 1.26. The average molecular weight is 270 g/mol. The first-order valence-electron chi connectivity index (χ1n) is 4.88. The molecular weight excluding hydrogens is 261 g/mol. The van der Waals surface area contributed by atoms with Crippen LogP contribution in [0, 0.1) is 0 Å². The van der Waals surface area contributed by atoms with Crippen LogP contribution in [-0.4, -0.2) is 10.1 Å². The summed E-state index contributed by atoms with van der Waals surface area (Å²) in [4.78, 5) is 4.01. The Morgan fingerprint density at radius 1 is 1.18 bits per heavy atom. The molecule has 17 heavy (non-hydrogen) atoms. The highest BCUT2D eigenvalue weighted by Crippen LogP contribution is 2.24. The molecule has 1 aromatic heterocycles. The van der Waals surface area contributed by atoms with E-state index in [-0.39, 0.29) is 6.61 Å². The highest BCUT2D eigenvalue weighted by atomic mass is 35.5. The van der Waals surface area contributed by atoms with Gasteiger partial charge in [-0.05, 0) is 24.3 Å². The van der Waals surface area contributed by atoms with Crippen LogP contribution in [0.25, 0.3) is 0 Å². The Hall–Kier alpha value is -1.29. The average Bonchev–Trinajstić information content (AvgIpc) is 2.34. The summed E-state index contributed by atoms with van der Waals surface area (Å²) in [5.41, 5.74) is 0.575. The number of ether oxygens (including phenoxy) is 1. The van der Waals surface area contributed by atoms with Gasteiger partial charge in [0, 0.05) is 22.8 Å². The number of halogens is 2. The van der Waals surface area contributed by atoms with E-state index in [1.165, 1.54) is 6.20 Å². The quantitative estimate of drug-likeness (QED) is 0.925. The third kappa shape index (κ3) is 3.09. The lowest BCUT2D eigenvalue weighted by Gasteiger charge is -2.06. The molecule has 0 radical (unpaired) electrons. The van der Waals surface area contributed by atoms with Gasteiger partial charge in [0.25, 0.3) is 0 Å². The molecule has 1 heterocycles. The number of hydrogen-bond acceptors (Lipinski definition) is 3. The number of hydrogen-bond donors (Lipinski definition) is 1. The number of pyridine rings is 1. The SMILES string of the molecule is OCc1cc(Oc2ccc(Cl)cc2)ncc1Cl. The second kappa shape index (κ2) is 5.36. The molecule has 3 nitrogen and oxygen atoms in total. The molecule has 0 aliphatic rings. The maximum absolute atomic E-state index is 9.06. The van der Waals surface area contributed by atoms with E-state index in [0.717, 1.165) is 0 Å². The van der Waals surface area contributed by atoms with Crippen molar-refractivity contribution in [2.75, 3.05) is 0 Å². The van der Waals surface area contributed by atoms with E-state index >= 15 is 0 Å². The molecule has 0 bridgehead atoms. The van der Waals surface area contributed by atoms with Gasteiger partial charge in [-0.3, -0.25) is 0 Å². The van der Waals surface area contributed by atoms with Crippen molar-refractivity contribution in [2.45, 2.75) is 6.61 Å². The summed E-state index contributed by atoms with van der Waals surface area (Å²) in [6.45, 7) is -0.154. The van der Waals surface area contributed by atoms with Crippen LogP contribution in [0.4, 0.5) is 0 Å². The van der Waals surface area contributed by atoms with Crippen LogP contribution in [-0.2, 0) is 6.61 Å². The molecule has 0 spiro atoms. The highest BCUT2D eigenvalue weighted by molar-refractivity contribution is 6.31. The molecule has 0 aliphatic carbocycles. The fraction of sp³-hybridized carbons (Fsp3) is 0.0833. The molecule has 0 amide bonds. The summed E-state index contributed by atoms with van der Waals surface area (Å²) in [6, 6.07) is 8.50. The van der Waals surface area contributed by atoms with Gasteiger partial charge in [0.05, 0.1) is 11.6 Å². The summed E-state index contributed by atoms with van der Waals surface area (Å²) in [6.07, 6.45) is 1.44. The largest absolute Gasteiger partial charge is 0.439 e. The van der Waals surface area contributed by atoms with Gasteiger partial charge in [-0.2, -0.15) is 0 Å². The first-order chi connectivity index (χ1) is 8.19. The van der Waals surface area contributed by atoms with Gasteiger partial charge in [-0.15, -0.1) is 0 Å². The molecule has 0 saturated carbocycles. The second-order valence-corrected chi connectivity index (χ2v) is 4.17. The van der Waals surface area contributed by atoms with E-state index in [0.29, 0.717) is 27.2 Å². The van der Waals surface area contributed by atoms with Gasteiger partial charge in [0.1, 0.15) is 5.75 Å². The van der Waals surface area contributed by atoms with E-state index in [1.54, 1.807) is 30.3 Å². The lowest BCUT2D eigenvalue weighted by molar-refractivity contribution is 0.281. The Kier molecular flexibility index (Phi) is 3.84. The lowest BCUT2D eigenvalue weighted by atomic mass is 10.3. The molecule has 0 saturated heterocycles. The zero-order chi connectivity index (χ0) is 12.3. The zero-order valence-electron chi connectivity index (χ0n) is 8.73. The molecule has 1 N–H and O–H groups in total. The second-order valence-electron chi connectivity index (χ2n) is 3.33. The molecule has 0 fully saturated rings. The number of rotatable bonds is 3. The minimum Gasteiger partial charge on any atom is -0.439 e. The van der Waals surface area contributed by atoms with E-state index in [1.807, 2.05) is 0 Å². The van der Waals surface area contributed by atoms with Gasteiger partial charge < -0.3 is 9.84 Å². The van der Waals surface area contributed by atoms with Crippen molar-refractivity contribution >= 4 is 23.2 Å². The predicted molar refractivity (Wildman–Crippen MR) is 66.7 cm³/mol. The van der Waals surface area contributed by atoms with Crippen molar-refractivity contribution in [3.05, 3.63) is 52.1 Å². The number of aromatic nitrogens is 1. The number of nitrogens with zero attached hydrogens (tertiary/aromatic N) is 1. The van der Waals surface area contributed by atoms with Crippen molar-refractivity contribution in [1.82, 2.24) is 4.98 Å². The van der Waals surface area contributed by atoms with Gasteiger partial charge in [0.2, 0.25) is 5.88 Å². The number of aliphatic hydroxyl groups is 1. The Morgan fingerprint density at radius 3 is 2.53 bits per heavy atom. The predicted octanol–water partition coefficient (Wildman–Crippen LogP) is 3.67. The van der Waals surface area contributed by atoms with Crippen molar-refractivity contribution in [1.29, 1.82) is 0 Å². The van der Waals surface area contributed by atoms with Gasteiger partial charge in [-0.25, -0.2) is 4.98 Å². The molecule has 88 valence electrons. The van der Waals surface area contributed by atoms with Crippen LogP contribution >= 0.6 is 23.2 Å². The molecule has 2 rings (SSSR count). The number of aliphatic hydroxyl groups excluding tert-OH is 1. The summed E-state index contributed by atoms with van der Waals surface area (Å²) >= 11 is 11.6. The maximum Gasteiger partial charge on any atom is 0.219 e. The molecule has 0 unspecified atom stereocenters. The summed E-state index contributed by atoms with van der Waals surface area (Å²) < 4.78 is 5.49. The van der Waals surface area contributed by atoms with E-state index in [2.05, 4.69) is 4.98 Å². The topological polar surface area (TPSA) is 42.4 Å². The minimum absolute atomic E-state index is 0.154. The fourth-order valence-corrected chi connectivity index (χ4v) is 1.55. The summed E-state index contributed by atoms with van der Waals surface area (Å²) in [5.74, 6) is 0.994. The zero-order valence-corrected chi connectivity index (χ0v) is 10.2.